The number of carbonyl (C=O) groups excluding carboxylic acids is 1. The van der Waals surface area contributed by atoms with Gasteiger partial charge in [-0.3, -0.25) is 4.79 Å². The molecule has 0 amide bonds. The summed E-state index contributed by atoms with van der Waals surface area (Å²) in [5.41, 5.74) is 5.51. The van der Waals surface area contributed by atoms with Crippen molar-refractivity contribution in [3.05, 3.63) is 133 Å². The normalized spacial score (nSPS) is 11.4. The second-order valence-electron chi connectivity index (χ2n) is 9.30. The molecule has 36 heavy (non-hydrogen) atoms. The van der Waals surface area contributed by atoms with Gasteiger partial charge < -0.3 is 0 Å². The van der Waals surface area contributed by atoms with Crippen LogP contribution in [-0.4, -0.2) is 6.29 Å². The predicted octanol–water partition coefficient (Wildman–Crippen LogP) is 9.45. The molecule has 0 aromatic heterocycles. The van der Waals surface area contributed by atoms with Crippen LogP contribution in [0.25, 0.3) is 65.3 Å². The van der Waals surface area contributed by atoms with Crippen LogP contribution in [0.15, 0.2) is 127 Å². The van der Waals surface area contributed by atoms with Crippen LogP contribution in [0.2, 0.25) is 0 Å². The average molecular weight is 459 g/mol. The number of benzene rings is 7. The second kappa shape index (κ2) is 8.18. The van der Waals surface area contributed by atoms with Crippen molar-refractivity contribution >= 4 is 49.4 Å². The standard InChI is InChI=1S/C35H22O/c36-22-23-15-17-25(18-16-23)27-12-6-13-30-31(27)19-20-33-34(30)21-26-8-2-4-11-29(26)35(33)32-14-5-9-24-7-1-3-10-28(24)32/h1-22H. The Morgan fingerprint density at radius 1 is 0.417 bits per heavy atom. The Morgan fingerprint density at radius 3 is 1.89 bits per heavy atom. The molecule has 7 aromatic rings. The molecule has 0 unspecified atom stereocenters. The largest absolute Gasteiger partial charge is 0.298 e. The van der Waals surface area contributed by atoms with Crippen LogP contribution in [-0.2, 0) is 0 Å². The van der Waals surface area contributed by atoms with Gasteiger partial charge in [0.2, 0.25) is 0 Å². The van der Waals surface area contributed by atoms with Crippen molar-refractivity contribution in [3.8, 4) is 22.3 Å². The minimum absolute atomic E-state index is 0.690. The molecule has 0 saturated heterocycles. The Labute approximate surface area is 209 Å². The summed E-state index contributed by atoms with van der Waals surface area (Å²) in [5.74, 6) is 0. The van der Waals surface area contributed by atoms with E-state index in [2.05, 4.69) is 103 Å². The lowest BCUT2D eigenvalue weighted by Gasteiger charge is -2.17. The highest BCUT2D eigenvalue weighted by molar-refractivity contribution is 6.23. The monoisotopic (exact) mass is 458 g/mol. The van der Waals surface area contributed by atoms with Crippen molar-refractivity contribution in [2.45, 2.75) is 0 Å². The maximum absolute atomic E-state index is 11.2. The van der Waals surface area contributed by atoms with Crippen LogP contribution >= 0.6 is 0 Å². The first-order valence-electron chi connectivity index (χ1n) is 12.2. The molecule has 0 radical (unpaired) electrons. The summed E-state index contributed by atoms with van der Waals surface area (Å²) in [6, 6.07) is 45.1. The van der Waals surface area contributed by atoms with Gasteiger partial charge in [-0.25, -0.2) is 0 Å². The van der Waals surface area contributed by atoms with E-state index in [0.717, 1.165) is 11.8 Å². The average Bonchev–Trinajstić information content (AvgIpc) is 2.95. The fourth-order valence-corrected chi connectivity index (χ4v) is 5.63. The predicted molar refractivity (Wildman–Crippen MR) is 153 cm³/mol. The molecule has 0 N–H and O–H groups in total. The van der Waals surface area contributed by atoms with E-state index >= 15 is 0 Å². The van der Waals surface area contributed by atoms with Crippen molar-refractivity contribution in [1.82, 2.24) is 0 Å². The lowest BCUT2D eigenvalue weighted by Crippen LogP contribution is -1.89. The molecule has 0 fully saturated rings. The highest BCUT2D eigenvalue weighted by Gasteiger charge is 2.15. The van der Waals surface area contributed by atoms with Gasteiger partial charge in [0.25, 0.3) is 0 Å². The van der Waals surface area contributed by atoms with E-state index in [1.807, 2.05) is 24.3 Å². The number of fused-ring (bicyclic) bond motifs is 5. The molecular formula is C35H22O. The highest BCUT2D eigenvalue weighted by atomic mass is 16.1. The summed E-state index contributed by atoms with van der Waals surface area (Å²) in [5, 5.41) is 9.97. The molecule has 7 aromatic carbocycles. The third kappa shape index (κ3) is 3.14. The van der Waals surface area contributed by atoms with E-state index < -0.39 is 0 Å². The van der Waals surface area contributed by atoms with Gasteiger partial charge in [0.1, 0.15) is 6.29 Å². The maximum Gasteiger partial charge on any atom is 0.150 e. The molecule has 7 rings (SSSR count). The minimum Gasteiger partial charge on any atom is -0.298 e. The van der Waals surface area contributed by atoms with E-state index in [1.165, 1.54) is 59.8 Å². The molecule has 0 aliphatic carbocycles. The van der Waals surface area contributed by atoms with Crippen molar-refractivity contribution in [3.63, 3.8) is 0 Å². The summed E-state index contributed by atoms with van der Waals surface area (Å²) in [6.45, 7) is 0. The third-order valence-corrected chi connectivity index (χ3v) is 7.32. The lowest BCUT2D eigenvalue weighted by atomic mass is 9.87. The molecule has 0 aliphatic rings. The maximum atomic E-state index is 11.2. The Morgan fingerprint density at radius 2 is 1.06 bits per heavy atom. The Bertz CT molecular complexity index is 1940. The van der Waals surface area contributed by atoms with Gasteiger partial charge >= 0.3 is 0 Å². The highest BCUT2D eigenvalue weighted by Crippen LogP contribution is 2.43. The number of hydrogen-bond donors (Lipinski definition) is 0. The van der Waals surface area contributed by atoms with Gasteiger partial charge in [-0.1, -0.05) is 121 Å². The molecule has 168 valence electrons. The Kier molecular flexibility index (Phi) is 4.68. The Balaban J connectivity index is 1.60. The third-order valence-electron chi connectivity index (χ3n) is 7.32. The van der Waals surface area contributed by atoms with Crippen LogP contribution < -0.4 is 0 Å². The summed E-state index contributed by atoms with van der Waals surface area (Å²) in [6.07, 6.45) is 0.889. The molecular weight excluding hydrogens is 436 g/mol. The quantitative estimate of drug-likeness (QED) is 0.146. The molecule has 0 heterocycles. The second-order valence-corrected chi connectivity index (χ2v) is 9.30. The van der Waals surface area contributed by atoms with Crippen molar-refractivity contribution in [2.24, 2.45) is 0 Å². The first kappa shape index (κ1) is 20.6. The van der Waals surface area contributed by atoms with Crippen LogP contribution in [0, 0.1) is 0 Å². The van der Waals surface area contributed by atoms with Gasteiger partial charge in [0, 0.05) is 5.56 Å². The number of carbonyl (C=O) groups is 1. The fourth-order valence-electron chi connectivity index (χ4n) is 5.63. The molecule has 0 aliphatic heterocycles. The van der Waals surface area contributed by atoms with E-state index in [9.17, 15) is 4.79 Å². The van der Waals surface area contributed by atoms with Gasteiger partial charge in [0.15, 0.2) is 0 Å². The zero-order valence-corrected chi connectivity index (χ0v) is 19.6. The van der Waals surface area contributed by atoms with Crippen LogP contribution in [0.5, 0.6) is 0 Å². The zero-order valence-electron chi connectivity index (χ0n) is 19.6. The molecule has 1 heteroatoms. The van der Waals surface area contributed by atoms with Gasteiger partial charge in [-0.15, -0.1) is 0 Å². The van der Waals surface area contributed by atoms with Crippen molar-refractivity contribution in [1.29, 1.82) is 0 Å². The summed E-state index contributed by atoms with van der Waals surface area (Å²) in [7, 11) is 0. The van der Waals surface area contributed by atoms with E-state index in [0.29, 0.717) is 5.56 Å². The molecule has 0 saturated carbocycles. The number of aldehydes is 1. The van der Waals surface area contributed by atoms with Gasteiger partial charge in [0.05, 0.1) is 0 Å². The summed E-state index contributed by atoms with van der Waals surface area (Å²) in [4.78, 5) is 11.2. The number of rotatable bonds is 3. The smallest absolute Gasteiger partial charge is 0.150 e. The van der Waals surface area contributed by atoms with Crippen LogP contribution in [0.3, 0.4) is 0 Å². The molecule has 1 nitrogen and oxygen atoms in total. The zero-order chi connectivity index (χ0) is 24.1. The van der Waals surface area contributed by atoms with Crippen LogP contribution in [0.1, 0.15) is 10.4 Å². The van der Waals surface area contributed by atoms with Crippen molar-refractivity contribution in [2.75, 3.05) is 0 Å². The van der Waals surface area contributed by atoms with E-state index in [4.69, 9.17) is 0 Å². The first-order valence-corrected chi connectivity index (χ1v) is 12.2. The van der Waals surface area contributed by atoms with Gasteiger partial charge in [-0.05, 0) is 71.4 Å². The lowest BCUT2D eigenvalue weighted by molar-refractivity contribution is 0.112. The topological polar surface area (TPSA) is 17.1 Å². The van der Waals surface area contributed by atoms with Gasteiger partial charge in [-0.2, -0.15) is 0 Å². The SMILES string of the molecule is O=Cc1ccc(-c2cccc3c2ccc2c(-c4cccc5ccccc45)c4ccccc4cc23)cc1. The summed E-state index contributed by atoms with van der Waals surface area (Å²) < 4.78 is 0. The van der Waals surface area contributed by atoms with Crippen molar-refractivity contribution < 1.29 is 4.79 Å². The van der Waals surface area contributed by atoms with Crippen LogP contribution in [0.4, 0.5) is 0 Å². The molecule has 0 spiro atoms. The van der Waals surface area contributed by atoms with E-state index in [-0.39, 0.29) is 0 Å². The van der Waals surface area contributed by atoms with E-state index in [1.54, 1.807) is 0 Å². The number of hydrogen-bond acceptors (Lipinski definition) is 1. The molecule has 0 atom stereocenters. The fraction of sp³-hybridized carbons (Fsp3) is 0. The minimum atomic E-state index is 0.690. The first-order chi connectivity index (χ1) is 17.8. The Hall–Kier alpha value is -4.75. The molecule has 0 bridgehead atoms. The summed E-state index contributed by atoms with van der Waals surface area (Å²) >= 11 is 0.